The van der Waals surface area contributed by atoms with Gasteiger partial charge in [0.1, 0.15) is 17.3 Å². The molecule has 0 aliphatic rings. The molecule has 2 rings (SSSR count). The van der Waals surface area contributed by atoms with E-state index in [1.807, 2.05) is 48.5 Å². The number of ether oxygens (including phenoxy) is 2. The summed E-state index contributed by atoms with van der Waals surface area (Å²) in [6, 6.07) is 15.4. The van der Waals surface area contributed by atoms with Crippen LogP contribution in [0.4, 0.5) is 0 Å². The smallest absolute Gasteiger partial charge is 0.129 e. The van der Waals surface area contributed by atoms with Gasteiger partial charge in [-0.05, 0) is 23.8 Å². The summed E-state index contributed by atoms with van der Waals surface area (Å²) in [5.41, 5.74) is 7.51. The van der Waals surface area contributed by atoms with Crippen molar-refractivity contribution in [2.45, 2.75) is 6.61 Å². The van der Waals surface area contributed by atoms with E-state index in [9.17, 15) is 0 Å². The number of benzene rings is 2. The molecule has 0 saturated heterocycles. The lowest BCUT2D eigenvalue weighted by molar-refractivity contribution is 0.0885. The Morgan fingerprint density at radius 3 is 2.52 bits per heavy atom. The number of nitrogens with two attached hydrogens (primary N) is 1. The SMILES string of the molecule is NC(=S)c1ccccc1OCCOCc1ccccc1Br. The third-order valence-electron chi connectivity index (χ3n) is 2.85. The molecule has 0 heterocycles. The van der Waals surface area contributed by atoms with Crippen molar-refractivity contribution in [1.29, 1.82) is 0 Å². The minimum atomic E-state index is 0.333. The van der Waals surface area contributed by atoms with Gasteiger partial charge in [0.05, 0.1) is 18.8 Å². The van der Waals surface area contributed by atoms with Gasteiger partial charge >= 0.3 is 0 Å². The van der Waals surface area contributed by atoms with Crippen LogP contribution in [0.1, 0.15) is 11.1 Å². The summed E-state index contributed by atoms with van der Waals surface area (Å²) in [5, 5.41) is 0. The normalized spacial score (nSPS) is 10.3. The molecule has 2 aromatic carbocycles. The van der Waals surface area contributed by atoms with Gasteiger partial charge in [0, 0.05) is 4.47 Å². The van der Waals surface area contributed by atoms with Crippen molar-refractivity contribution >= 4 is 33.1 Å². The van der Waals surface area contributed by atoms with Gasteiger partial charge in [0.25, 0.3) is 0 Å². The molecule has 0 aliphatic carbocycles. The molecule has 0 saturated carbocycles. The maximum absolute atomic E-state index is 5.66. The van der Waals surface area contributed by atoms with Crippen LogP contribution < -0.4 is 10.5 Å². The van der Waals surface area contributed by atoms with Crippen LogP contribution in [0.25, 0.3) is 0 Å². The minimum absolute atomic E-state index is 0.333. The lowest BCUT2D eigenvalue weighted by atomic mass is 10.2. The van der Waals surface area contributed by atoms with Crippen LogP contribution in [0.5, 0.6) is 5.75 Å². The molecule has 0 atom stereocenters. The molecule has 0 spiro atoms. The van der Waals surface area contributed by atoms with Gasteiger partial charge in [-0.3, -0.25) is 0 Å². The third-order valence-corrected chi connectivity index (χ3v) is 3.85. The van der Waals surface area contributed by atoms with Gasteiger partial charge < -0.3 is 15.2 Å². The number of hydrogen-bond donors (Lipinski definition) is 1. The van der Waals surface area contributed by atoms with Crippen molar-refractivity contribution in [3.8, 4) is 5.75 Å². The van der Waals surface area contributed by atoms with Gasteiger partial charge in [-0.2, -0.15) is 0 Å². The minimum Gasteiger partial charge on any atom is -0.490 e. The average Bonchev–Trinajstić information content (AvgIpc) is 2.49. The summed E-state index contributed by atoms with van der Waals surface area (Å²) >= 11 is 8.48. The maximum Gasteiger partial charge on any atom is 0.129 e. The van der Waals surface area contributed by atoms with Crippen LogP contribution in [0.15, 0.2) is 53.0 Å². The molecule has 110 valence electrons. The van der Waals surface area contributed by atoms with E-state index in [0.29, 0.717) is 30.6 Å². The quantitative estimate of drug-likeness (QED) is 0.600. The molecule has 0 amide bonds. The van der Waals surface area contributed by atoms with Crippen LogP contribution in [0.3, 0.4) is 0 Å². The topological polar surface area (TPSA) is 44.5 Å². The summed E-state index contributed by atoms with van der Waals surface area (Å²) in [6.07, 6.45) is 0. The Bertz CT molecular complexity index is 619. The maximum atomic E-state index is 5.66. The Morgan fingerprint density at radius 1 is 1.05 bits per heavy atom. The molecule has 0 aromatic heterocycles. The van der Waals surface area contributed by atoms with Crippen molar-refractivity contribution in [2.75, 3.05) is 13.2 Å². The van der Waals surface area contributed by atoms with Gasteiger partial charge in [-0.25, -0.2) is 0 Å². The molecule has 5 heteroatoms. The first kappa shape index (κ1) is 15.9. The zero-order chi connectivity index (χ0) is 15.1. The summed E-state index contributed by atoms with van der Waals surface area (Å²) < 4.78 is 12.3. The zero-order valence-corrected chi connectivity index (χ0v) is 13.8. The van der Waals surface area contributed by atoms with Crippen LogP contribution in [-0.2, 0) is 11.3 Å². The first-order valence-electron chi connectivity index (χ1n) is 6.51. The van der Waals surface area contributed by atoms with Gasteiger partial charge in [-0.15, -0.1) is 0 Å². The van der Waals surface area contributed by atoms with Crippen LogP contribution in [0, 0.1) is 0 Å². The van der Waals surface area contributed by atoms with Gasteiger partial charge in [-0.1, -0.05) is 58.5 Å². The summed E-state index contributed by atoms with van der Waals surface area (Å²) in [7, 11) is 0. The van der Waals surface area contributed by atoms with E-state index in [2.05, 4.69) is 15.9 Å². The second-order valence-corrected chi connectivity index (χ2v) is 5.65. The Balaban J connectivity index is 1.78. The predicted molar refractivity (Wildman–Crippen MR) is 91.6 cm³/mol. The van der Waals surface area contributed by atoms with Crippen molar-refractivity contribution in [3.63, 3.8) is 0 Å². The van der Waals surface area contributed by atoms with E-state index in [0.717, 1.165) is 15.6 Å². The fraction of sp³-hybridized carbons (Fsp3) is 0.188. The number of hydrogen-bond acceptors (Lipinski definition) is 3. The largest absolute Gasteiger partial charge is 0.490 e. The highest BCUT2D eigenvalue weighted by atomic mass is 79.9. The summed E-state index contributed by atoms with van der Waals surface area (Å²) in [6.45, 7) is 1.48. The lowest BCUT2D eigenvalue weighted by Gasteiger charge is -2.11. The van der Waals surface area contributed by atoms with Crippen LogP contribution in [-0.4, -0.2) is 18.2 Å². The molecule has 3 nitrogen and oxygen atoms in total. The molecule has 0 fully saturated rings. The average molecular weight is 366 g/mol. The Labute approximate surface area is 138 Å². The first-order chi connectivity index (χ1) is 10.2. The lowest BCUT2D eigenvalue weighted by Crippen LogP contribution is -2.13. The predicted octanol–water partition coefficient (Wildman–Crippen LogP) is 3.68. The van der Waals surface area contributed by atoms with E-state index in [-0.39, 0.29) is 0 Å². The van der Waals surface area contributed by atoms with E-state index in [1.165, 1.54) is 0 Å². The molecule has 0 aliphatic heterocycles. The molecule has 2 N–H and O–H groups in total. The fourth-order valence-electron chi connectivity index (χ4n) is 1.80. The second-order valence-electron chi connectivity index (χ2n) is 4.35. The van der Waals surface area contributed by atoms with E-state index >= 15 is 0 Å². The number of para-hydroxylation sites is 1. The van der Waals surface area contributed by atoms with E-state index < -0.39 is 0 Å². The van der Waals surface area contributed by atoms with E-state index in [4.69, 9.17) is 27.4 Å². The Hall–Kier alpha value is -1.43. The van der Waals surface area contributed by atoms with Gasteiger partial charge in [0.2, 0.25) is 0 Å². The highest BCUT2D eigenvalue weighted by molar-refractivity contribution is 9.10. The zero-order valence-electron chi connectivity index (χ0n) is 11.4. The third kappa shape index (κ3) is 4.81. The molecule has 2 aromatic rings. The summed E-state index contributed by atoms with van der Waals surface area (Å²) in [4.78, 5) is 0.333. The van der Waals surface area contributed by atoms with E-state index in [1.54, 1.807) is 0 Å². The van der Waals surface area contributed by atoms with Crippen molar-refractivity contribution < 1.29 is 9.47 Å². The molecule has 21 heavy (non-hydrogen) atoms. The highest BCUT2D eigenvalue weighted by Gasteiger charge is 2.05. The second kappa shape index (κ2) is 8.12. The highest BCUT2D eigenvalue weighted by Crippen LogP contribution is 2.18. The number of thiocarbonyl (C=S) groups is 1. The Kier molecular flexibility index (Phi) is 6.17. The first-order valence-corrected chi connectivity index (χ1v) is 7.71. The number of halogens is 1. The van der Waals surface area contributed by atoms with Crippen molar-refractivity contribution in [3.05, 3.63) is 64.1 Å². The Morgan fingerprint density at radius 2 is 1.76 bits per heavy atom. The molecule has 0 radical (unpaired) electrons. The summed E-state index contributed by atoms with van der Waals surface area (Å²) in [5.74, 6) is 0.689. The van der Waals surface area contributed by atoms with Gasteiger partial charge in [0.15, 0.2) is 0 Å². The van der Waals surface area contributed by atoms with Crippen molar-refractivity contribution in [1.82, 2.24) is 0 Å². The monoisotopic (exact) mass is 365 g/mol. The van der Waals surface area contributed by atoms with Crippen LogP contribution in [0.2, 0.25) is 0 Å². The standard InChI is InChI=1S/C16H16BrNO2S/c17-14-7-3-1-5-12(14)11-19-9-10-20-15-8-4-2-6-13(15)16(18)21/h1-8H,9-11H2,(H2,18,21). The van der Waals surface area contributed by atoms with Crippen molar-refractivity contribution in [2.24, 2.45) is 5.73 Å². The fourth-order valence-corrected chi connectivity index (χ4v) is 2.37. The van der Waals surface area contributed by atoms with Crippen LogP contribution >= 0.6 is 28.1 Å². The molecule has 0 bridgehead atoms. The molecule has 0 unspecified atom stereocenters. The molecular weight excluding hydrogens is 350 g/mol. The number of rotatable bonds is 7. The molecular formula is C16H16BrNO2S.